The van der Waals surface area contributed by atoms with Crippen molar-refractivity contribution in [3.63, 3.8) is 0 Å². The van der Waals surface area contributed by atoms with Crippen LogP contribution in [0.2, 0.25) is 0 Å². The van der Waals surface area contributed by atoms with Gasteiger partial charge in [-0.2, -0.15) is 4.31 Å². The minimum Gasteiger partial charge on any atom is -0.336 e. The largest absolute Gasteiger partial charge is 0.336 e. The molecule has 0 unspecified atom stereocenters. The van der Waals surface area contributed by atoms with Crippen LogP contribution in [-0.4, -0.2) is 64.4 Å². The Hall–Kier alpha value is -2.43. The number of benzene rings is 2. The number of piperazine rings is 1. The lowest BCUT2D eigenvalue weighted by Gasteiger charge is -2.33. The van der Waals surface area contributed by atoms with Crippen molar-refractivity contribution >= 4 is 31.6 Å². The number of carbonyl (C=O) groups is 1. The molecule has 0 radical (unpaired) electrons. The molecule has 3 rings (SSSR count). The molecule has 0 saturated carbocycles. The van der Waals surface area contributed by atoms with Crippen molar-refractivity contribution < 1.29 is 21.6 Å². The van der Waals surface area contributed by atoms with Crippen molar-refractivity contribution in [2.75, 3.05) is 37.2 Å². The van der Waals surface area contributed by atoms with Crippen molar-refractivity contribution in [3.05, 3.63) is 59.7 Å². The van der Waals surface area contributed by atoms with Crippen molar-refractivity contribution in [1.82, 2.24) is 9.21 Å². The summed E-state index contributed by atoms with van der Waals surface area (Å²) < 4.78 is 52.2. The fourth-order valence-electron chi connectivity index (χ4n) is 3.07. The monoisotopic (exact) mass is 437 g/mol. The van der Waals surface area contributed by atoms with Gasteiger partial charge in [0, 0.05) is 31.7 Å². The lowest BCUT2D eigenvalue weighted by Crippen LogP contribution is -2.50. The molecule has 0 aliphatic carbocycles. The molecule has 2 aromatic rings. The molecule has 0 aromatic heterocycles. The highest BCUT2D eigenvalue weighted by Crippen LogP contribution is 2.20. The quantitative estimate of drug-likeness (QED) is 0.764. The van der Waals surface area contributed by atoms with Gasteiger partial charge in [-0.3, -0.25) is 9.52 Å². The number of para-hydroxylation sites is 1. The van der Waals surface area contributed by atoms with Crippen LogP contribution in [0, 0.1) is 6.92 Å². The van der Waals surface area contributed by atoms with Crippen LogP contribution in [-0.2, 0) is 20.0 Å². The fourth-order valence-corrected chi connectivity index (χ4v) is 5.03. The maximum Gasteiger partial charge on any atom is 0.261 e. The third kappa shape index (κ3) is 4.95. The Balaban J connectivity index is 1.70. The standard InChI is InChI=1S/C19H23N3O5S2/c1-15-5-3-4-6-18(15)20-29(26,27)17-9-7-16(8-10-17)19(23)21-11-13-22(14-12-21)28(2,24)25/h3-10,20H,11-14H2,1-2H3. The molecular weight excluding hydrogens is 414 g/mol. The summed E-state index contributed by atoms with van der Waals surface area (Å²) in [6.07, 6.45) is 1.15. The molecule has 156 valence electrons. The van der Waals surface area contributed by atoms with E-state index in [2.05, 4.69) is 4.72 Å². The number of hydrogen-bond donors (Lipinski definition) is 1. The second-order valence-electron chi connectivity index (χ2n) is 6.90. The molecule has 10 heteroatoms. The van der Waals surface area contributed by atoms with E-state index in [1.807, 2.05) is 19.1 Å². The zero-order valence-electron chi connectivity index (χ0n) is 16.2. The maximum atomic E-state index is 12.6. The Labute approximate surface area is 171 Å². The molecule has 1 saturated heterocycles. The van der Waals surface area contributed by atoms with Crippen LogP contribution in [0.1, 0.15) is 15.9 Å². The molecule has 8 nitrogen and oxygen atoms in total. The summed E-state index contributed by atoms with van der Waals surface area (Å²) in [7, 11) is -7.04. The maximum absolute atomic E-state index is 12.6. The van der Waals surface area contributed by atoms with Crippen LogP contribution in [0.3, 0.4) is 0 Å². The number of rotatable bonds is 5. The van der Waals surface area contributed by atoms with E-state index in [0.717, 1.165) is 11.8 Å². The number of nitrogens with one attached hydrogen (secondary N) is 1. The van der Waals surface area contributed by atoms with E-state index >= 15 is 0 Å². The van der Waals surface area contributed by atoms with Crippen LogP contribution in [0.15, 0.2) is 53.4 Å². The highest BCUT2D eigenvalue weighted by molar-refractivity contribution is 7.92. The zero-order valence-corrected chi connectivity index (χ0v) is 17.8. The van der Waals surface area contributed by atoms with E-state index in [1.165, 1.54) is 28.6 Å². The van der Waals surface area contributed by atoms with Crippen LogP contribution in [0.4, 0.5) is 5.69 Å². The summed E-state index contributed by atoms with van der Waals surface area (Å²) in [5.41, 5.74) is 1.65. The number of carbonyl (C=O) groups excluding carboxylic acids is 1. The minimum atomic E-state index is -3.78. The molecular formula is C19H23N3O5S2. The summed E-state index contributed by atoms with van der Waals surface area (Å²) >= 11 is 0. The molecule has 1 amide bonds. The SMILES string of the molecule is Cc1ccccc1NS(=O)(=O)c1ccc(C(=O)N2CCN(S(C)(=O)=O)CC2)cc1. The first-order valence-electron chi connectivity index (χ1n) is 9.01. The number of aryl methyl sites for hydroxylation is 1. The Morgan fingerprint density at radius 2 is 1.48 bits per heavy atom. The summed E-state index contributed by atoms with van der Waals surface area (Å²) in [5.74, 6) is -0.256. The summed E-state index contributed by atoms with van der Waals surface area (Å²) in [6, 6.07) is 12.8. The third-order valence-electron chi connectivity index (χ3n) is 4.80. The molecule has 0 spiro atoms. The third-order valence-corrected chi connectivity index (χ3v) is 7.48. The van der Waals surface area contributed by atoms with Crippen LogP contribution in [0.25, 0.3) is 0 Å². The van der Waals surface area contributed by atoms with Crippen molar-refractivity contribution in [3.8, 4) is 0 Å². The average molecular weight is 438 g/mol. The lowest BCUT2D eigenvalue weighted by atomic mass is 10.2. The molecule has 0 bridgehead atoms. The van der Waals surface area contributed by atoms with Gasteiger partial charge in [-0.15, -0.1) is 0 Å². The Kier molecular flexibility index (Phi) is 5.97. The summed E-state index contributed by atoms with van der Waals surface area (Å²) in [4.78, 5) is 14.3. The van der Waals surface area contributed by atoms with Gasteiger partial charge in [0.1, 0.15) is 0 Å². The number of hydrogen-bond acceptors (Lipinski definition) is 5. The van der Waals surface area contributed by atoms with E-state index in [1.54, 1.807) is 17.0 Å². The first-order chi connectivity index (χ1) is 13.6. The molecule has 2 aromatic carbocycles. The van der Waals surface area contributed by atoms with Gasteiger partial charge in [-0.05, 0) is 42.8 Å². The molecule has 1 aliphatic heterocycles. The van der Waals surface area contributed by atoms with Gasteiger partial charge in [0.25, 0.3) is 15.9 Å². The van der Waals surface area contributed by atoms with E-state index in [4.69, 9.17) is 0 Å². The second kappa shape index (κ2) is 8.13. The number of anilines is 1. The summed E-state index contributed by atoms with van der Waals surface area (Å²) in [5, 5.41) is 0. The fraction of sp³-hybridized carbons (Fsp3) is 0.316. The highest BCUT2D eigenvalue weighted by Gasteiger charge is 2.27. The van der Waals surface area contributed by atoms with Crippen molar-refractivity contribution in [2.45, 2.75) is 11.8 Å². The topological polar surface area (TPSA) is 104 Å². The van der Waals surface area contributed by atoms with Gasteiger partial charge in [0.05, 0.1) is 16.8 Å². The van der Waals surface area contributed by atoms with Crippen LogP contribution >= 0.6 is 0 Å². The molecule has 1 heterocycles. The molecule has 1 aliphatic rings. The Bertz CT molecular complexity index is 1100. The minimum absolute atomic E-state index is 0.0548. The van der Waals surface area contributed by atoms with E-state index in [-0.39, 0.29) is 23.9 Å². The van der Waals surface area contributed by atoms with Gasteiger partial charge in [0.15, 0.2) is 0 Å². The molecule has 29 heavy (non-hydrogen) atoms. The van der Waals surface area contributed by atoms with E-state index in [9.17, 15) is 21.6 Å². The second-order valence-corrected chi connectivity index (χ2v) is 10.6. The highest BCUT2D eigenvalue weighted by atomic mass is 32.2. The molecule has 1 fully saturated rings. The van der Waals surface area contributed by atoms with Crippen LogP contribution in [0.5, 0.6) is 0 Å². The first kappa shape index (κ1) is 21.3. The Morgan fingerprint density at radius 3 is 2.03 bits per heavy atom. The smallest absolute Gasteiger partial charge is 0.261 e. The zero-order chi connectivity index (χ0) is 21.2. The van der Waals surface area contributed by atoms with Gasteiger partial charge >= 0.3 is 0 Å². The van der Waals surface area contributed by atoms with Gasteiger partial charge in [-0.1, -0.05) is 18.2 Å². The summed E-state index contributed by atoms with van der Waals surface area (Å²) in [6.45, 7) is 2.89. The van der Waals surface area contributed by atoms with E-state index in [0.29, 0.717) is 24.3 Å². The van der Waals surface area contributed by atoms with E-state index < -0.39 is 20.0 Å². The first-order valence-corrected chi connectivity index (χ1v) is 12.3. The molecule has 1 N–H and O–H groups in total. The van der Waals surface area contributed by atoms with Gasteiger partial charge < -0.3 is 4.90 Å². The predicted molar refractivity (Wildman–Crippen MR) is 111 cm³/mol. The number of nitrogens with zero attached hydrogens (tertiary/aromatic N) is 2. The predicted octanol–water partition coefficient (Wildman–Crippen LogP) is 1.51. The van der Waals surface area contributed by atoms with Gasteiger partial charge in [0.2, 0.25) is 10.0 Å². The van der Waals surface area contributed by atoms with Crippen molar-refractivity contribution in [1.29, 1.82) is 0 Å². The number of amides is 1. The average Bonchev–Trinajstić information content (AvgIpc) is 2.68. The van der Waals surface area contributed by atoms with Crippen LogP contribution < -0.4 is 4.72 Å². The van der Waals surface area contributed by atoms with Crippen molar-refractivity contribution in [2.24, 2.45) is 0 Å². The number of sulfonamides is 2. The lowest BCUT2D eigenvalue weighted by molar-refractivity contribution is 0.0698. The normalized spacial score (nSPS) is 15.9. The van der Waals surface area contributed by atoms with Gasteiger partial charge in [-0.25, -0.2) is 16.8 Å². The Morgan fingerprint density at radius 1 is 0.897 bits per heavy atom. The molecule has 0 atom stereocenters.